The Hall–Kier alpha value is -1.26. The molecule has 0 radical (unpaired) electrons. The van der Waals surface area contributed by atoms with E-state index in [0.717, 1.165) is 18.9 Å². The van der Waals surface area contributed by atoms with E-state index in [1.54, 1.807) is 11.3 Å². The van der Waals surface area contributed by atoms with Crippen LogP contribution in [0.3, 0.4) is 0 Å². The van der Waals surface area contributed by atoms with Crippen molar-refractivity contribution in [2.75, 3.05) is 0 Å². The largest absolute Gasteiger partial charge is 0.393 e. The molecule has 0 spiro atoms. The van der Waals surface area contributed by atoms with Gasteiger partial charge in [0, 0.05) is 11.3 Å². The van der Waals surface area contributed by atoms with E-state index >= 15 is 0 Å². The van der Waals surface area contributed by atoms with E-state index in [2.05, 4.69) is 6.07 Å². The Labute approximate surface area is 115 Å². The van der Waals surface area contributed by atoms with Crippen LogP contribution in [0.2, 0.25) is 0 Å². The molecule has 0 aliphatic carbocycles. The molecule has 0 fully saturated rings. The summed E-state index contributed by atoms with van der Waals surface area (Å²) >= 11 is 1.69. The van der Waals surface area contributed by atoms with Crippen molar-refractivity contribution in [3.63, 3.8) is 0 Å². The zero-order chi connectivity index (χ0) is 13.7. The van der Waals surface area contributed by atoms with Gasteiger partial charge in [0.25, 0.3) is 0 Å². The Morgan fingerprint density at radius 2 is 2.00 bits per heavy atom. The highest BCUT2D eigenvalue weighted by molar-refractivity contribution is 7.09. The monoisotopic (exact) mass is 282 g/mol. The standard InChI is InChI=1S/C15H16F2OS/c16-14-8-1-4-11(15(14)17)10-12(18)5-2-6-13-7-3-9-19-13/h1,3-4,7-9,12,18H,2,5-6,10H2. The third kappa shape index (κ3) is 4.11. The first-order chi connectivity index (χ1) is 9.16. The molecule has 0 aliphatic heterocycles. The predicted octanol–water partition coefficient (Wildman–Crippen LogP) is 3.95. The van der Waals surface area contributed by atoms with Gasteiger partial charge >= 0.3 is 0 Å². The highest BCUT2D eigenvalue weighted by Crippen LogP contribution is 2.17. The molecule has 2 aromatic rings. The van der Waals surface area contributed by atoms with Gasteiger partial charge in [-0.15, -0.1) is 11.3 Å². The summed E-state index contributed by atoms with van der Waals surface area (Å²) in [6, 6.07) is 8.12. The molecule has 0 aliphatic rings. The first-order valence-electron chi connectivity index (χ1n) is 6.30. The molecule has 1 unspecified atom stereocenters. The zero-order valence-electron chi connectivity index (χ0n) is 10.5. The fourth-order valence-corrected chi connectivity index (χ4v) is 2.78. The summed E-state index contributed by atoms with van der Waals surface area (Å²) in [5, 5.41) is 11.9. The number of aliphatic hydroxyl groups excluding tert-OH is 1. The Morgan fingerprint density at radius 1 is 1.16 bits per heavy atom. The quantitative estimate of drug-likeness (QED) is 0.850. The summed E-state index contributed by atoms with van der Waals surface area (Å²) in [5.41, 5.74) is 0.239. The lowest BCUT2D eigenvalue weighted by atomic mass is 10.0. The van der Waals surface area contributed by atoms with Crippen LogP contribution in [-0.4, -0.2) is 11.2 Å². The highest BCUT2D eigenvalue weighted by atomic mass is 32.1. The van der Waals surface area contributed by atoms with Crippen LogP contribution in [0, 0.1) is 11.6 Å². The van der Waals surface area contributed by atoms with Gasteiger partial charge in [-0.2, -0.15) is 0 Å². The number of halogens is 2. The van der Waals surface area contributed by atoms with Gasteiger partial charge in [-0.25, -0.2) is 8.78 Å². The van der Waals surface area contributed by atoms with Gasteiger partial charge in [0.2, 0.25) is 0 Å². The second-order valence-corrected chi connectivity index (χ2v) is 5.57. The molecule has 1 heterocycles. The summed E-state index contributed by atoms with van der Waals surface area (Å²) in [6.45, 7) is 0. The van der Waals surface area contributed by atoms with Crippen molar-refractivity contribution in [3.05, 3.63) is 57.8 Å². The van der Waals surface area contributed by atoms with Crippen molar-refractivity contribution in [1.29, 1.82) is 0 Å². The fraction of sp³-hybridized carbons (Fsp3) is 0.333. The van der Waals surface area contributed by atoms with Gasteiger partial charge < -0.3 is 5.11 Å². The first kappa shape index (κ1) is 14.2. The zero-order valence-corrected chi connectivity index (χ0v) is 11.3. The molecule has 0 amide bonds. The van der Waals surface area contributed by atoms with E-state index in [1.165, 1.54) is 17.0 Å². The average Bonchev–Trinajstić information content (AvgIpc) is 2.88. The molecule has 0 saturated heterocycles. The Bertz CT molecular complexity index is 511. The molecular formula is C15H16F2OS. The number of hydrogen-bond acceptors (Lipinski definition) is 2. The third-order valence-corrected chi connectivity index (χ3v) is 3.96. The van der Waals surface area contributed by atoms with E-state index in [1.807, 2.05) is 11.4 Å². The summed E-state index contributed by atoms with van der Waals surface area (Å²) in [5.74, 6) is -1.71. The third-order valence-electron chi connectivity index (χ3n) is 3.03. The van der Waals surface area contributed by atoms with Crippen LogP contribution in [0.25, 0.3) is 0 Å². The van der Waals surface area contributed by atoms with Crippen LogP contribution in [0.4, 0.5) is 8.78 Å². The van der Waals surface area contributed by atoms with Crippen LogP contribution in [-0.2, 0) is 12.8 Å². The smallest absolute Gasteiger partial charge is 0.162 e. The summed E-state index contributed by atoms with van der Waals surface area (Å²) < 4.78 is 26.4. The van der Waals surface area contributed by atoms with Crippen molar-refractivity contribution < 1.29 is 13.9 Å². The van der Waals surface area contributed by atoms with Crippen molar-refractivity contribution in [3.8, 4) is 0 Å². The number of hydrogen-bond donors (Lipinski definition) is 1. The van der Waals surface area contributed by atoms with Gasteiger partial charge in [0.05, 0.1) is 6.10 Å². The first-order valence-corrected chi connectivity index (χ1v) is 7.18. The van der Waals surface area contributed by atoms with Crippen molar-refractivity contribution in [2.45, 2.75) is 31.8 Å². The van der Waals surface area contributed by atoms with Crippen molar-refractivity contribution in [2.24, 2.45) is 0 Å². The van der Waals surface area contributed by atoms with E-state index in [0.29, 0.717) is 6.42 Å². The summed E-state index contributed by atoms with van der Waals surface area (Å²) in [7, 11) is 0. The fourth-order valence-electron chi connectivity index (χ4n) is 2.03. The minimum Gasteiger partial charge on any atom is -0.393 e. The maximum absolute atomic E-state index is 13.4. The molecule has 1 aromatic heterocycles. The lowest BCUT2D eigenvalue weighted by Crippen LogP contribution is -2.12. The average molecular weight is 282 g/mol. The molecule has 1 nitrogen and oxygen atoms in total. The molecular weight excluding hydrogens is 266 g/mol. The lowest BCUT2D eigenvalue weighted by molar-refractivity contribution is 0.161. The Kier molecular flexibility index (Phi) is 5.05. The van der Waals surface area contributed by atoms with Crippen LogP contribution in [0.1, 0.15) is 23.3 Å². The molecule has 2 rings (SSSR count). The second kappa shape index (κ2) is 6.78. The molecule has 4 heteroatoms. The number of thiophene rings is 1. The Morgan fingerprint density at radius 3 is 2.74 bits per heavy atom. The molecule has 102 valence electrons. The summed E-state index contributed by atoms with van der Waals surface area (Å²) in [6.07, 6.45) is 1.89. The van der Waals surface area contributed by atoms with Gasteiger partial charge in [-0.1, -0.05) is 18.2 Å². The van der Waals surface area contributed by atoms with E-state index in [4.69, 9.17) is 0 Å². The minimum atomic E-state index is -0.858. The molecule has 1 atom stereocenters. The molecule has 0 saturated carbocycles. The van der Waals surface area contributed by atoms with Crippen LogP contribution in [0.5, 0.6) is 0 Å². The predicted molar refractivity (Wildman–Crippen MR) is 73.3 cm³/mol. The lowest BCUT2D eigenvalue weighted by Gasteiger charge is -2.11. The van der Waals surface area contributed by atoms with Crippen molar-refractivity contribution >= 4 is 11.3 Å². The van der Waals surface area contributed by atoms with Crippen LogP contribution in [0.15, 0.2) is 35.7 Å². The number of aliphatic hydroxyl groups is 1. The minimum absolute atomic E-state index is 0.161. The maximum atomic E-state index is 13.4. The van der Waals surface area contributed by atoms with E-state index in [9.17, 15) is 13.9 Å². The van der Waals surface area contributed by atoms with Gasteiger partial charge in [0.15, 0.2) is 11.6 Å². The number of benzene rings is 1. The molecule has 19 heavy (non-hydrogen) atoms. The maximum Gasteiger partial charge on any atom is 0.162 e. The molecule has 0 bridgehead atoms. The topological polar surface area (TPSA) is 20.2 Å². The van der Waals surface area contributed by atoms with Gasteiger partial charge in [-0.05, 0) is 42.3 Å². The van der Waals surface area contributed by atoms with Gasteiger partial charge in [-0.3, -0.25) is 0 Å². The number of rotatable bonds is 6. The summed E-state index contributed by atoms with van der Waals surface area (Å²) in [4.78, 5) is 1.28. The van der Waals surface area contributed by atoms with E-state index in [-0.39, 0.29) is 12.0 Å². The molecule has 1 aromatic carbocycles. The number of aryl methyl sites for hydroxylation is 1. The second-order valence-electron chi connectivity index (χ2n) is 4.54. The van der Waals surface area contributed by atoms with Crippen molar-refractivity contribution in [1.82, 2.24) is 0 Å². The SMILES string of the molecule is OC(CCCc1cccs1)Cc1cccc(F)c1F. The van der Waals surface area contributed by atoms with E-state index < -0.39 is 17.7 Å². The molecule has 1 N–H and O–H groups in total. The normalized spacial score (nSPS) is 12.6. The Balaban J connectivity index is 1.80. The highest BCUT2D eigenvalue weighted by Gasteiger charge is 2.12. The van der Waals surface area contributed by atoms with Gasteiger partial charge in [0.1, 0.15) is 0 Å². The van der Waals surface area contributed by atoms with Crippen LogP contribution >= 0.6 is 11.3 Å². The van der Waals surface area contributed by atoms with Crippen LogP contribution < -0.4 is 0 Å².